The van der Waals surface area contributed by atoms with Crippen LogP contribution < -0.4 is 5.32 Å². The summed E-state index contributed by atoms with van der Waals surface area (Å²) in [5, 5.41) is 13.7. The summed E-state index contributed by atoms with van der Waals surface area (Å²) in [5.41, 5.74) is -0.433. The van der Waals surface area contributed by atoms with E-state index in [1.165, 1.54) is 0 Å². The van der Waals surface area contributed by atoms with E-state index < -0.39 is 5.54 Å². The summed E-state index contributed by atoms with van der Waals surface area (Å²) in [6, 6.07) is 4.60. The van der Waals surface area contributed by atoms with Gasteiger partial charge < -0.3 is 0 Å². The molecule has 1 aromatic rings. The van der Waals surface area contributed by atoms with Crippen molar-refractivity contribution in [1.82, 2.24) is 15.3 Å². The maximum Gasteiger partial charge on any atom is 0.187 e. The van der Waals surface area contributed by atoms with Crippen molar-refractivity contribution < 1.29 is 0 Å². The van der Waals surface area contributed by atoms with E-state index in [9.17, 15) is 5.26 Å². The van der Waals surface area contributed by atoms with Crippen molar-refractivity contribution in [2.75, 3.05) is 5.75 Å². The highest BCUT2D eigenvalue weighted by Gasteiger charge is 2.46. The molecule has 0 aromatic carbocycles. The number of nitrogens with one attached hydrogen (secondary N) is 1. The molecular formula is C13H18N4S. The van der Waals surface area contributed by atoms with Gasteiger partial charge in [0.05, 0.1) is 6.07 Å². The second kappa shape index (κ2) is 5.68. The molecule has 0 saturated heterocycles. The van der Waals surface area contributed by atoms with Gasteiger partial charge in [0.15, 0.2) is 5.16 Å². The molecule has 1 N–H and O–H groups in total. The Kier molecular flexibility index (Phi) is 4.20. The van der Waals surface area contributed by atoms with Gasteiger partial charge in [-0.2, -0.15) is 5.26 Å². The summed E-state index contributed by atoms with van der Waals surface area (Å²) in [7, 11) is 0. The van der Waals surface area contributed by atoms with Gasteiger partial charge in [0, 0.05) is 24.2 Å². The second-order valence-electron chi connectivity index (χ2n) is 4.98. The van der Waals surface area contributed by atoms with Crippen LogP contribution in [-0.2, 0) is 0 Å². The molecule has 1 aromatic heterocycles. The Morgan fingerprint density at radius 1 is 1.50 bits per heavy atom. The molecule has 1 heterocycles. The molecule has 0 radical (unpaired) electrons. The predicted molar refractivity (Wildman–Crippen MR) is 72.1 cm³/mol. The first-order valence-corrected chi connectivity index (χ1v) is 7.23. The van der Waals surface area contributed by atoms with E-state index in [1.54, 1.807) is 30.2 Å². The minimum absolute atomic E-state index is 0.308. The minimum Gasteiger partial charge on any atom is -0.296 e. The van der Waals surface area contributed by atoms with Crippen LogP contribution in [0.3, 0.4) is 0 Å². The van der Waals surface area contributed by atoms with Crippen molar-refractivity contribution in [3.05, 3.63) is 18.5 Å². The van der Waals surface area contributed by atoms with Gasteiger partial charge >= 0.3 is 0 Å². The van der Waals surface area contributed by atoms with E-state index in [4.69, 9.17) is 0 Å². The molecule has 1 atom stereocenters. The number of thioether (sulfide) groups is 1. The summed E-state index contributed by atoms with van der Waals surface area (Å²) >= 11 is 1.56. The molecule has 0 aliphatic heterocycles. The standard InChI is InChI=1S/C13H18N4S/c1-10(2)17-13(8-14,11-4-5-11)9-18-12-15-6-3-7-16-12/h3,6-7,10-11,17H,4-5,9H2,1-2H3. The van der Waals surface area contributed by atoms with Crippen molar-refractivity contribution in [3.63, 3.8) is 0 Å². The fraction of sp³-hybridized carbons (Fsp3) is 0.615. The number of hydrogen-bond donors (Lipinski definition) is 1. The highest BCUT2D eigenvalue weighted by molar-refractivity contribution is 7.99. The third kappa shape index (κ3) is 3.21. The Hall–Kier alpha value is -1.12. The zero-order chi connectivity index (χ0) is 13.0. The molecule has 0 bridgehead atoms. The highest BCUT2D eigenvalue weighted by Crippen LogP contribution is 2.42. The molecule has 4 nitrogen and oxygen atoms in total. The molecule has 0 spiro atoms. The number of aromatic nitrogens is 2. The lowest BCUT2D eigenvalue weighted by Gasteiger charge is -2.29. The zero-order valence-electron chi connectivity index (χ0n) is 10.8. The van der Waals surface area contributed by atoms with E-state index in [0.29, 0.717) is 17.7 Å². The fourth-order valence-electron chi connectivity index (χ4n) is 2.06. The van der Waals surface area contributed by atoms with Crippen LogP contribution in [0.2, 0.25) is 0 Å². The lowest BCUT2D eigenvalue weighted by Crippen LogP contribution is -2.51. The Labute approximate surface area is 112 Å². The summed E-state index contributed by atoms with van der Waals surface area (Å²) in [6.07, 6.45) is 5.75. The quantitative estimate of drug-likeness (QED) is 0.629. The molecule has 2 rings (SSSR count). The fourth-order valence-corrected chi connectivity index (χ4v) is 3.07. The lowest BCUT2D eigenvalue weighted by atomic mass is 9.96. The third-order valence-electron chi connectivity index (χ3n) is 2.99. The molecule has 0 amide bonds. The van der Waals surface area contributed by atoms with Crippen LogP contribution in [0.5, 0.6) is 0 Å². The van der Waals surface area contributed by atoms with E-state index in [2.05, 4.69) is 35.2 Å². The number of hydrogen-bond acceptors (Lipinski definition) is 5. The van der Waals surface area contributed by atoms with Crippen molar-refractivity contribution in [3.8, 4) is 6.07 Å². The van der Waals surface area contributed by atoms with Gasteiger partial charge in [0.1, 0.15) is 5.54 Å². The molecule has 1 aliphatic rings. The number of nitrogens with zero attached hydrogens (tertiary/aromatic N) is 3. The van der Waals surface area contributed by atoms with Crippen molar-refractivity contribution in [2.24, 2.45) is 5.92 Å². The second-order valence-corrected chi connectivity index (χ2v) is 5.92. The SMILES string of the molecule is CC(C)NC(C#N)(CSc1ncccn1)C1CC1. The van der Waals surface area contributed by atoms with Gasteiger partial charge in [0.25, 0.3) is 0 Å². The average molecular weight is 262 g/mol. The van der Waals surface area contributed by atoms with E-state index in [-0.39, 0.29) is 0 Å². The normalized spacial score (nSPS) is 18.3. The molecule has 1 unspecified atom stereocenters. The van der Waals surface area contributed by atoms with E-state index >= 15 is 0 Å². The van der Waals surface area contributed by atoms with Crippen LogP contribution in [0.4, 0.5) is 0 Å². The Morgan fingerprint density at radius 2 is 2.17 bits per heavy atom. The van der Waals surface area contributed by atoms with Crippen LogP contribution in [0.15, 0.2) is 23.6 Å². The van der Waals surface area contributed by atoms with Crippen LogP contribution in [0, 0.1) is 17.2 Å². The van der Waals surface area contributed by atoms with Gasteiger partial charge in [-0.1, -0.05) is 11.8 Å². The maximum absolute atomic E-state index is 9.55. The van der Waals surface area contributed by atoms with E-state index in [0.717, 1.165) is 18.0 Å². The van der Waals surface area contributed by atoms with Crippen molar-refractivity contribution in [1.29, 1.82) is 5.26 Å². The van der Waals surface area contributed by atoms with Crippen LogP contribution in [0.1, 0.15) is 26.7 Å². The first kappa shape index (κ1) is 13.3. The first-order valence-electron chi connectivity index (χ1n) is 6.25. The van der Waals surface area contributed by atoms with Gasteiger partial charge in [0.2, 0.25) is 0 Å². The Balaban J connectivity index is 2.04. The summed E-state index contributed by atoms with van der Waals surface area (Å²) in [4.78, 5) is 8.38. The molecule has 1 saturated carbocycles. The van der Waals surface area contributed by atoms with Gasteiger partial charge in [-0.25, -0.2) is 9.97 Å². The third-order valence-corrected chi connectivity index (χ3v) is 4.06. The maximum atomic E-state index is 9.55. The van der Waals surface area contributed by atoms with Gasteiger partial charge in [-0.05, 0) is 38.7 Å². The summed E-state index contributed by atoms with van der Waals surface area (Å²) in [6.45, 7) is 4.16. The van der Waals surface area contributed by atoms with Crippen LogP contribution in [0.25, 0.3) is 0 Å². The van der Waals surface area contributed by atoms with Crippen molar-refractivity contribution >= 4 is 11.8 Å². The average Bonchev–Trinajstić information content (AvgIpc) is 3.20. The Bertz CT molecular complexity index is 424. The van der Waals surface area contributed by atoms with Crippen LogP contribution in [-0.4, -0.2) is 27.3 Å². The number of nitriles is 1. The van der Waals surface area contributed by atoms with Crippen molar-refractivity contribution in [2.45, 2.75) is 43.4 Å². The molecule has 96 valence electrons. The van der Waals surface area contributed by atoms with Gasteiger partial charge in [-0.15, -0.1) is 0 Å². The minimum atomic E-state index is -0.433. The molecule has 5 heteroatoms. The van der Waals surface area contributed by atoms with E-state index in [1.807, 2.05) is 0 Å². The van der Waals surface area contributed by atoms with Crippen LogP contribution >= 0.6 is 11.8 Å². The smallest absolute Gasteiger partial charge is 0.187 e. The lowest BCUT2D eigenvalue weighted by molar-refractivity contribution is 0.370. The first-order chi connectivity index (χ1) is 8.66. The largest absolute Gasteiger partial charge is 0.296 e. The molecule has 1 fully saturated rings. The molecule has 1 aliphatic carbocycles. The Morgan fingerprint density at radius 3 is 2.67 bits per heavy atom. The summed E-state index contributed by atoms with van der Waals surface area (Å²) < 4.78 is 0. The van der Waals surface area contributed by atoms with Gasteiger partial charge in [-0.3, -0.25) is 5.32 Å². The topological polar surface area (TPSA) is 61.6 Å². The number of rotatable bonds is 6. The predicted octanol–water partition coefficient (Wildman–Crippen LogP) is 2.24. The highest BCUT2D eigenvalue weighted by atomic mass is 32.2. The zero-order valence-corrected chi connectivity index (χ0v) is 11.6. The molecule has 18 heavy (non-hydrogen) atoms. The summed E-state index contributed by atoms with van der Waals surface area (Å²) in [5.74, 6) is 1.18. The molecular weight excluding hydrogens is 244 g/mol. The monoisotopic (exact) mass is 262 g/mol.